The van der Waals surface area contributed by atoms with Crippen LogP contribution in [0.1, 0.15) is 19.8 Å². The molecule has 0 aromatic rings. The van der Waals surface area contributed by atoms with Crippen molar-refractivity contribution in [2.24, 2.45) is 0 Å². The molecule has 5 heteroatoms. The van der Waals surface area contributed by atoms with E-state index in [1.807, 2.05) is 6.92 Å². The molecule has 78 valence electrons. The summed E-state index contributed by atoms with van der Waals surface area (Å²) in [6, 6.07) is 0.0474. The van der Waals surface area contributed by atoms with Crippen molar-refractivity contribution < 1.29 is 13.5 Å². The third-order valence-corrected chi connectivity index (χ3v) is 4.11. The molecule has 2 unspecified atom stereocenters. The lowest BCUT2D eigenvalue weighted by Crippen LogP contribution is -2.36. The smallest absolute Gasteiger partial charge is 0.151 e. The summed E-state index contributed by atoms with van der Waals surface area (Å²) in [5.41, 5.74) is 0. The van der Waals surface area contributed by atoms with Crippen LogP contribution in [0.15, 0.2) is 0 Å². The molecular formula is C8H17NO3S. The number of sulfone groups is 1. The largest absolute Gasteiger partial charge is 0.392 e. The van der Waals surface area contributed by atoms with Gasteiger partial charge in [0.2, 0.25) is 0 Å². The number of rotatable bonds is 4. The molecule has 0 aliphatic carbocycles. The van der Waals surface area contributed by atoms with Gasteiger partial charge in [-0.05, 0) is 12.8 Å². The van der Waals surface area contributed by atoms with Gasteiger partial charge in [0.25, 0.3) is 0 Å². The molecular weight excluding hydrogens is 190 g/mol. The normalized spacial score (nSPS) is 28.9. The first-order chi connectivity index (χ1) is 6.03. The van der Waals surface area contributed by atoms with Crippen LogP contribution >= 0.6 is 0 Å². The topological polar surface area (TPSA) is 66.4 Å². The maximum absolute atomic E-state index is 11.1. The van der Waals surface area contributed by atoms with Gasteiger partial charge in [-0.25, -0.2) is 8.42 Å². The Bertz CT molecular complexity index is 250. The van der Waals surface area contributed by atoms with Gasteiger partial charge in [0.05, 0.1) is 17.6 Å². The van der Waals surface area contributed by atoms with Crippen molar-refractivity contribution in [2.75, 3.05) is 18.1 Å². The summed E-state index contributed by atoms with van der Waals surface area (Å²) >= 11 is 0. The lowest BCUT2D eigenvalue weighted by Gasteiger charge is -2.13. The second kappa shape index (κ2) is 4.39. The zero-order valence-corrected chi connectivity index (χ0v) is 8.68. The highest BCUT2D eigenvalue weighted by atomic mass is 32.2. The summed E-state index contributed by atoms with van der Waals surface area (Å²) in [5, 5.41) is 12.3. The summed E-state index contributed by atoms with van der Waals surface area (Å²) in [6.07, 6.45) is 1.02. The van der Waals surface area contributed by atoms with E-state index in [2.05, 4.69) is 5.32 Å². The zero-order chi connectivity index (χ0) is 9.90. The van der Waals surface area contributed by atoms with Crippen molar-refractivity contribution >= 4 is 9.84 Å². The van der Waals surface area contributed by atoms with Crippen molar-refractivity contribution in [1.29, 1.82) is 0 Å². The molecule has 0 spiro atoms. The summed E-state index contributed by atoms with van der Waals surface area (Å²) in [5.74, 6) is 0.510. The number of aliphatic hydroxyl groups is 1. The van der Waals surface area contributed by atoms with Crippen molar-refractivity contribution in [2.45, 2.75) is 31.9 Å². The van der Waals surface area contributed by atoms with E-state index < -0.39 is 9.84 Å². The van der Waals surface area contributed by atoms with Gasteiger partial charge in [0.15, 0.2) is 9.84 Å². The molecule has 1 rings (SSSR count). The molecule has 13 heavy (non-hydrogen) atoms. The lowest BCUT2D eigenvalue weighted by atomic mass is 10.2. The predicted octanol–water partition coefficient (Wildman–Crippen LogP) is -0.466. The van der Waals surface area contributed by atoms with Gasteiger partial charge in [0, 0.05) is 12.6 Å². The molecule has 0 aromatic carbocycles. The number of hydrogen-bond donors (Lipinski definition) is 2. The van der Waals surface area contributed by atoms with E-state index in [9.17, 15) is 13.5 Å². The first-order valence-corrected chi connectivity index (χ1v) is 6.47. The fourth-order valence-electron chi connectivity index (χ4n) is 1.40. The zero-order valence-electron chi connectivity index (χ0n) is 7.86. The molecule has 1 aliphatic rings. The van der Waals surface area contributed by atoms with Crippen LogP contribution in [0, 0.1) is 0 Å². The molecule has 2 N–H and O–H groups in total. The van der Waals surface area contributed by atoms with E-state index in [4.69, 9.17) is 0 Å². The maximum atomic E-state index is 11.1. The Morgan fingerprint density at radius 1 is 1.62 bits per heavy atom. The minimum absolute atomic E-state index is 0.0474. The molecule has 1 fully saturated rings. The molecule has 1 heterocycles. The molecule has 0 saturated carbocycles. The van der Waals surface area contributed by atoms with Gasteiger partial charge >= 0.3 is 0 Å². The Labute approximate surface area is 79.3 Å². The first-order valence-electron chi connectivity index (χ1n) is 4.65. The Balaban J connectivity index is 2.25. The van der Waals surface area contributed by atoms with Crippen LogP contribution in [0.4, 0.5) is 0 Å². The molecule has 0 radical (unpaired) electrons. The first kappa shape index (κ1) is 10.9. The van der Waals surface area contributed by atoms with E-state index in [1.54, 1.807) is 0 Å². The van der Waals surface area contributed by atoms with E-state index in [0.717, 1.165) is 0 Å². The minimum atomic E-state index is -2.79. The van der Waals surface area contributed by atoms with Crippen LogP contribution in [0.3, 0.4) is 0 Å². The third-order valence-electron chi connectivity index (χ3n) is 2.35. The monoisotopic (exact) mass is 207 g/mol. The molecule has 0 bridgehead atoms. The van der Waals surface area contributed by atoms with Gasteiger partial charge < -0.3 is 10.4 Å². The highest BCUT2D eigenvalue weighted by Crippen LogP contribution is 2.10. The van der Waals surface area contributed by atoms with Crippen LogP contribution in [0.2, 0.25) is 0 Å². The van der Waals surface area contributed by atoms with Crippen LogP contribution in [0.5, 0.6) is 0 Å². The van der Waals surface area contributed by atoms with Gasteiger partial charge in [-0.1, -0.05) is 6.92 Å². The van der Waals surface area contributed by atoms with Gasteiger partial charge in [0.1, 0.15) is 0 Å². The molecule has 0 aromatic heterocycles. The quantitative estimate of drug-likeness (QED) is 0.654. The Kier molecular flexibility index (Phi) is 3.70. The van der Waals surface area contributed by atoms with E-state index >= 15 is 0 Å². The predicted molar refractivity (Wildman–Crippen MR) is 51.4 cm³/mol. The van der Waals surface area contributed by atoms with Crippen molar-refractivity contribution in [3.63, 3.8) is 0 Å². The minimum Gasteiger partial charge on any atom is -0.392 e. The summed E-state index contributed by atoms with van der Waals surface area (Å²) in [6.45, 7) is 2.40. The third kappa shape index (κ3) is 3.62. The van der Waals surface area contributed by atoms with Gasteiger partial charge in [-0.3, -0.25) is 0 Å². The fourth-order valence-corrected chi connectivity index (χ4v) is 3.11. The fraction of sp³-hybridized carbons (Fsp3) is 1.00. The second-order valence-corrected chi connectivity index (χ2v) is 5.80. The Hall–Kier alpha value is -0.130. The number of nitrogens with one attached hydrogen (secondary N) is 1. The highest BCUT2D eigenvalue weighted by molar-refractivity contribution is 7.91. The number of aliphatic hydroxyl groups excluding tert-OH is 1. The van der Waals surface area contributed by atoms with Crippen molar-refractivity contribution in [3.8, 4) is 0 Å². The van der Waals surface area contributed by atoms with Crippen LogP contribution in [0.25, 0.3) is 0 Å². The molecule has 0 amide bonds. The van der Waals surface area contributed by atoms with Crippen molar-refractivity contribution in [1.82, 2.24) is 5.32 Å². The van der Waals surface area contributed by atoms with Crippen LogP contribution in [-0.4, -0.2) is 43.7 Å². The van der Waals surface area contributed by atoms with Crippen LogP contribution < -0.4 is 5.32 Å². The van der Waals surface area contributed by atoms with Crippen LogP contribution in [-0.2, 0) is 9.84 Å². The Morgan fingerprint density at radius 3 is 2.77 bits per heavy atom. The molecule has 4 nitrogen and oxygen atoms in total. The Morgan fingerprint density at radius 2 is 2.31 bits per heavy atom. The average molecular weight is 207 g/mol. The lowest BCUT2D eigenvalue weighted by molar-refractivity contribution is 0.164. The highest BCUT2D eigenvalue weighted by Gasteiger charge is 2.27. The van der Waals surface area contributed by atoms with Gasteiger partial charge in [-0.15, -0.1) is 0 Å². The van der Waals surface area contributed by atoms with Gasteiger partial charge in [-0.2, -0.15) is 0 Å². The second-order valence-electron chi connectivity index (χ2n) is 3.57. The number of hydrogen-bond acceptors (Lipinski definition) is 4. The molecule has 2 atom stereocenters. The average Bonchev–Trinajstić information content (AvgIpc) is 2.41. The van der Waals surface area contributed by atoms with E-state index in [-0.39, 0.29) is 23.7 Å². The van der Waals surface area contributed by atoms with E-state index in [1.165, 1.54) is 0 Å². The molecule has 1 saturated heterocycles. The molecule has 1 aliphatic heterocycles. The summed E-state index contributed by atoms with van der Waals surface area (Å²) in [7, 11) is -2.79. The summed E-state index contributed by atoms with van der Waals surface area (Å²) < 4.78 is 22.1. The SMILES string of the molecule is CCC(O)CNC1CCS(=O)(=O)C1. The summed E-state index contributed by atoms with van der Waals surface area (Å²) in [4.78, 5) is 0. The van der Waals surface area contributed by atoms with Crippen molar-refractivity contribution in [3.05, 3.63) is 0 Å². The standard InChI is InChI=1S/C8H17NO3S/c1-2-8(10)5-9-7-3-4-13(11,12)6-7/h7-10H,2-6H2,1H3. The van der Waals surface area contributed by atoms with E-state index in [0.29, 0.717) is 19.4 Å². The maximum Gasteiger partial charge on any atom is 0.151 e.